The van der Waals surface area contributed by atoms with Gasteiger partial charge in [-0.25, -0.2) is 4.79 Å². The van der Waals surface area contributed by atoms with Crippen molar-refractivity contribution in [2.45, 2.75) is 12.3 Å². The third kappa shape index (κ3) is 2.02. The second-order valence-corrected chi connectivity index (χ2v) is 6.37. The monoisotopic (exact) mass is 378 g/mol. The van der Waals surface area contributed by atoms with Crippen molar-refractivity contribution in [2.75, 3.05) is 11.4 Å². The van der Waals surface area contributed by atoms with Crippen molar-refractivity contribution in [1.82, 2.24) is 0 Å². The van der Waals surface area contributed by atoms with Gasteiger partial charge in [-0.2, -0.15) is 5.26 Å². The molecule has 28 heavy (non-hydrogen) atoms. The zero-order valence-electron chi connectivity index (χ0n) is 14.5. The second kappa shape index (κ2) is 5.72. The number of carbonyl (C=O) groups is 2. The highest BCUT2D eigenvalue weighted by molar-refractivity contribution is 6.15. The van der Waals surface area contributed by atoms with E-state index in [-0.39, 0.29) is 39.8 Å². The standard InChI is InChI=1S/C19H13N3O6/c1-9-6-13-15(17(25)27-9)19(11(7-20)16(21)28-13)10-4-2-3-5-12(10)22(18(19)26)8-14(23)24/h2-6H,8,21H2,1H3,(H,23,24)/p-1. The Morgan fingerprint density at radius 3 is 2.75 bits per heavy atom. The fraction of sp³-hybridized carbons (Fsp3) is 0.158. The predicted octanol–water partition coefficient (Wildman–Crippen LogP) is -0.583. The van der Waals surface area contributed by atoms with Crippen LogP contribution in [0, 0.1) is 18.3 Å². The van der Waals surface area contributed by atoms with E-state index in [9.17, 15) is 24.8 Å². The lowest BCUT2D eigenvalue weighted by Gasteiger charge is -2.33. The normalized spacial score (nSPS) is 19.9. The molecule has 3 heterocycles. The van der Waals surface area contributed by atoms with Gasteiger partial charge in [0.2, 0.25) is 11.8 Å². The number of anilines is 1. The number of hydrogen-bond donors (Lipinski definition) is 1. The van der Waals surface area contributed by atoms with Gasteiger partial charge in [0.1, 0.15) is 28.7 Å². The van der Waals surface area contributed by atoms with Crippen LogP contribution in [0.4, 0.5) is 5.69 Å². The van der Waals surface area contributed by atoms with Gasteiger partial charge in [-0.3, -0.25) is 4.79 Å². The number of carboxylic acid groups (broad SMARTS) is 1. The minimum atomic E-state index is -1.97. The first-order valence-electron chi connectivity index (χ1n) is 8.17. The number of rotatable bonds is 2. The van der Waals surface area contributed by atoms with E-state index in [0.717, 1.165) is 4.90 Å². The quantitative estimate of drug-likeness (QED) is 0.729. The summed E-state index contributed by atoms with van der Waals surface area (Å²) in [6.45, 7) is 0.758. The SMILES string of the molecule is Cc1cc2c(c(=O)o1)C1(C(=O)N(CC(=O)[O-])c3ccccc31)C(C#N)=C(N)O2. The number of carbonyl (C=O) groups excluding carboxylic acids is 2. The number of para-hydroxylation sites is 1. The molecule has 1 atom stereocenters. The molecule has 0 aliphatic carbocycles. The molecular formula is C19H12N3O6-. The summed E-state index contributed by atoms with van der Waals surface area (Å²) in [6, 6.07) is 9.49. The molecule has 2 aliphatic heterocycles. The van der Waals surface area contributed by atoms with Crippen molar-refractivity contribution >= 4 is 17.6 Å². The van der Waals surface area contributed by atoms with Crippen LogP contribution >= 0.6 is 0 Å². The zero-order chi connectivity index (χ0) is 20.2. The number of nitrogens with zero attached hydrogens (tertiary/aromatic N) is 2. The number of benzene rings is 1. The summed E-state index contributed by atoms with van der Waals surface area (Å²) >= 11 is 0. The first-order valence-corrected chi connectivity index (χ1v) is 8.17. The summed E-state index contributed by atoms with van der Waals surface area (Å²) in [5, 5.41) is 21.0. The van der Waals surface area contributed by atoms with E-state index >= 15 is 0 Å². The van der Waals surface area contributed by atoms with Crippen LogP contribution < -0.4 is 26.1 Å². The zero-order valence-corrected chi connectivity index (χ0v) is 14.5. The molecule has 2 N–H and O–H groups in total. The van der Waals surface area contributed by atoms with E-state index in [4.69, 9.17) is 14.9 Å². The van der Waals surface area contributed by atoms with Gasteiger partial charge in [0.05, 0.1) is 12.5 Å². The maximum absolute atomic E-state index is 13.5. The van der Waals surface area contributed by atoms with E-state index in [1.807, 2.05) is 6.07 Å². The summed E-state index contributed by atoms with van der Waals surface area (Å²) in [5.41, 5.74) is 3.02. The van der Waals surface area contributed by atoms with Crippen molar-refractivity contribution in [1.29, 1.82) is 5.26 Å². The summed E-state index contributed by atoms with van der Waals surface area (Å²) in [6.07, 6.45) is 0. The van der Waals surface area contributed by atoms with Gasteiger partial charge in [-0.1, -0.05) is 18.2 Å². The maximum atomic E-state index is 13.5. The van der Waals surface area contributed by atoms with Gasteiger partial charge < -0.3 is 29.7 Å². The Kier molecular flexibility index (Phi) is 3.55. The summed E-state index contributed by atoms with van der Waals surface area (Å²) < 4.78 is 10.6. The van der Waals surface area contributed by atoms with Crippen LogP contribution in [0.5, 0.6) is 5.75 Å². The first kappa shape index (κ1) is 17.4. The number of amides is 1. The van der Waals surface area contributed by atoms with Crippen molar-refractivity contribution in [3.8, 4) is 11.8 Å². The van der Waals surface area contributed by atoms with Crippen LogP contribution in [0.25, 0.3) is 0 Å². The van der Waals surface area contributed by atoms with Gasteiger partial charge in [-0.15, -0.1) is 0 Å². The lowest BCUT2D eigenvalue weighted by Crippen LogP contribution is -2.50. The van der Waals surface area contributed by atoms with Crippen LogP contribution in [0.2, 0.25) is 0 Å². The first-order chi connectivity index (χ1) is 13.3. The largest absolute Gasteiger partial charge is 0.548 e. The van der Waals surface area contributed by atoms with E-state index in [2.05, 4.69) is 0 Å². The molecule has 9 heteroatoms. The second-order valence-electron chi connectivity index (χ2n) is 6.37. The number of hydrogen-bond acceptors (Lipinski definition) is 8. The molecule has 140 valence electrons. The van der Waals surface area contributed by atoms with Crippen molar-refractivity contribution in [3.63, 3.8) is 0 Å². The summed E-state index contributed by atoms with van der Waals surface area (Å²) in [5.74, 6) is -2.48. The Bertz CT molecular complexity index is 1190. The number of aliphatic carboxylic acids is 1. The third-order valence-electron chi connectivity index (χ3n) is 4.82. The molecule has 1 aromatic carbocycles. The number of ether oxygens (including phenoxy) is 1. The highest BCUT2D eigenvalue weighted by atomic mass is 16.5. The van der Waals surface area contributed by atoms with Gasteiger partial charge in [0.25, 0.3) is 0 Å². The molecule has 1 aromatic heterocycles. The van der Waals surface area contributed by atoms with E-state index in [1.54, 1.807) is 12.1 Å². The molecular weight excluding hydrogens is 366 g/mol. The van der Waals surface area contributed by atoms with Crippen molar-refractivity contribution < 1.29 is 23.8 Å². The Balaban J connectivity index is 2.17. The number of carboxylic acids is 1. The molecule has 4 rings (SSSR count). The van der Waals surface area contributed by atoms with Crippen LogP contribution in [-0.2, 0) is 15.0 Å². The molecule has 2 aromatic rings. The van der Waals surface area contributed by atoms with Gasteiger partial charge in [0.15, 0.2) is 5.41 Å². The molecule has 0 saturated carbocycles. The van der Waals surface area contributed by atoms with E-state index in [1.165, 1.54) is 25.1 Å². The van der Waals surface area contributed by atoms with Crippen molar-refractivity contribution in [2.24, 2.45) is 5.73 Å². The predicted molar refractivity (Wildman–Crippen MR) is 91.8 cm³/mol. The maximum Gasteiger partial charge on any atom is 0.344 e. The minimum Gasteiger partial charge on any atom is -0.548 e. The van der Waals surface area contributed by atoms with E-state index in [0.29, 0.717) is 0 Å². The smallest absolute Gasteiger partial charge is 0.344 e. The molecule has 1 spiro atoms. The Hall–Kier alpha value is -4.06. The fourth-order valence-corrected chi connectivity index (χ4v) is 3.84. The topological polar surface area (TPSA) is 150 Å². The average Bonchev–Trinajstić information content (AvgIpc) is 2.85. The Morgan fingerprint density at radius 1 is 1.36 bits per heavy atom. The van der Waals surface area contributed by atoms with Gasteiger partial charge >= 0.3 is 5.63 Å². The van der Waals surface area contributed by atoms with Crippen LogP contribution in [0.3, 0.4) is 0 Å². The average molecular weight is 378 g/mol. The highest BCUT2D eigenvalue weighted by Gasteiger charge is 2.60. The number of nitriles is 1. The molecule has 0 saturated heterocycles. The molecule has 2 aliphatic rings. The molecule has 1 unspecified atom stereocenters. The minimum absolute atomic E-state index is 0.0243. The Labute approximate surface area is 157 Å². The molecule has 9 nitrogen and oxygen atoms in total. The number of fused-ring (bicyclic) bond motifs is 4. The Morgan fingerprint density at radius 2 is 2.07 bits per heavy atom. The van der Waals surface area contributed by atoms with Crippen LogP contribution in [0.15, 0.2) is 51.0 Å². The third-order valence-corrected chi connectivity index (χ3v) is 4.82. The fourth-order valence-electron chi connectivity index (χ4n) is 3.84. The van der Waals surface area contributed by atoms with E-state index < -0.39 is 29.5 Å². The van der Waals surface area contributed by atoms with Crippen LogP contribution in [0.1, 0.15) is 16.9 Å². The van der Waals surface area contributed by atoms with Crippen molar-refractivity contribution in [3.05, 3.63) is 69.1 Å². The lowest BCUT2D eigenvalue weighted by molar-refractivity contribution is -0.303. The lowest BCUT2D eigenvalue weighted by atomic mass is 9.69. The summed E-state index contributed by atoms with van der Waals surface area (Å²) in [7, 11) is 0. The molecule has 0 radical (unpaired) electrons. The van der Waals surface area contributed by atoms with Gasteiger partial charge in [0, 0.05) is 17.3 Å². The van der Waals surface area contributed by atoms with Crippen LogP contribution in [-0.4, -0.2) is 18.4 Å². The summed E-state index contributed by atoms with van der Waals surface area (Å²) in [4.78, 5) is 38.5. The molecule has 1 amide bonds. The number of aryl methyl sites for hydroxylation is 1. The molecule has 0 fully saturated rings. The highest BCUT2D eigenvalue weighted by Crippen LogP contribution is 2.53. The molecule has 0 bridgehead atoms. The number of nitrogens with two attached hydrogens (primary N) is 1. The van der Waals surface area contributed by atoms with Gasteiger partial charge in [-0.05, 0) is 13.0 Å².